The van der Waals surface area contributed by atoms with Gasteiger partial charge in [-0.05, 0) is 48.2 Å². The lowest BCUT2D eigenvalue weighted by Crippen LogP contribution is -2.09. The molecule has 0 atom stereocenters. The third kappa shape index (κ3) is 2.16. The zero-order valence-corrected chi connectivity index (χ0v) is 12.7. The lowest BCUT2D eigenvalue weighted by Gasteiger charge is -2.03. The van der Waals surface area contributed by atoms with Crippen molar-refractivity contribution in [2.24, 2.45) is 0 Å². The number of aromatic amines is 1. The molecule has 108 valence electrons. The fourth-order valence-electron chi connectivity index (χ4n) is 2.52. The van der Waals surface area contributed by atoms with Crippen LogP contribution < -0.4 is 5.32 Å². The van der Waals surface area contributed by atoms with E-state index in [4.69, 9.17) is 0 Å². The van der Waals surface area contributed by atoms with Crippen LogP contribution in [-0.4, -0.2) is 15.9 Å². The minimum Gasteiger partial charge on any atom is -0.345 e. The van der Waals surface area contributed by atoms with E-state index in [1.54, 1.807) is 6.33 Å². The Labute approximate surface area is 130 Å². The summed E-state index contributed by atoms with van der Waals surface area (Å²) in [5.41, 5.74) is 3.74. The Bertz CT molecular complexity index is 999. The van der Waals surface area contributed by atoms with Crippen molar-refractivity contribution in [1.29, 1.82) is 0 Å². The Kier molecular flexibility index (Phi) is 2.94. The topological polar surface area (TPSA) is 57.8 Å². The first-order valence-electron chi connectivity index (χ1n) is 6.94. The summed E-state index contributed by atoms with van der Waals surface area (Å²) in [5.74, 6) is -0.0838. The molecule has 4 aromatic rings. The van der Waals surface area contributed by atoms with Gasteiger partial charge in [0.1, 0.15) is 0 Å². The number of H-pyrrole nitrogens is 1. The number of aromatic nitrogens is 2. The zero-order valence-electron chi connectivity index (χ0n) is 11.9. The number of hydrogen-bond donors (Lipinski definition) is 2. The highest BCUT2D eigenvalue weighted by atomic mass is 32.1. The number of amides is 1. The van der Waals surface area contributed by atoms with E-state index in [0.29, 0.717) is 4.88 Å². The van der Waals surface area contributed by atoms with E-state index in [9.17, 15) is 4.79 Å². The van der Waals surface area contributed by atoms with Gasteiger partial charge < -0.3 is 10.3 Å². The summed E-state index contributed by atoms with van der Waals surface area (Å²) in [6, 6.07) is 13.7. The minimum atomic E-state index is -0.0838. The number of anilines is 1. The van der Waals surface area contributed by atoms with Crippen LogP contribution in [0.2, 0.25) is 0 Å². The first-order chi connectivity index (χ1) is 10.7. The molecule has 0 unspecified atom stereocenters. The highest BCUT2D eigenvalue weighted by molar-refractivity contribution is 7.20. The van der Waals surface area contributed by atoms with Gasteiger partial charge in [0.25, 0.3) is 5.91 Å². The molecule has 1 amide bonds. The molecule has 2 aromatic carbocycles. The Hall–Kier alpha value is -2.66. The molecule has 0 radical (unpaired) electrons. The van der Waals surface area contributed by atoms with Crippen molar-refractivity contribution in [2.45, 2.75) is 6.92 Å². The predicted octanol–water partition coefficient (Wildman–Crippen LogP) is 4.34. The van der Waals surface area contributed by atoms with Gasteiger partial charge in [0.2, 0.25) is 0 Å². The summed E-state index contributed by atoms with van der Waals surface area (Å²) in [6.07, 6.45) is 1.64. The van der Waals surface area contributed by atoms with Gasteiger partial charge in [0.05, 0.1) is 22.2 Å². The molecule has 0 aliphatic heterocycles. The first-order valence-corrected chi connectivity index (χ1v) is 7.76. The summed E-state index contributed by atoms with van der Waals surface area (Å²) < 4.78 is 1.13. The second-order valence-electron chi connectivity index (χ2n) is 5.19. The Morgan fingerprint density at radius 3 is 3.00 bits per heavy atom. The maximum Gasteiger partial charge on any atom is 0.265 e. The molecular weight excluding hydrogens is 294 g/mol. The third-order valence-corrected chi connectivity index (χ3v) is 4.78. The van der Waals surface area contributed by atoms with Gasteiger partial charge in [0.15, 0.2) is 0 Å². The van der Waals surface area contributed by atoms with Gasteiger partial charge in [-0.1, -0.05) is 12.1 Å². The Balaban J connectivity index is 1.66. The molecule has 5 heteroatoms. The SMILES string of the molecule is Cc1cccc2sc(C(=O)Nc3ccc4nc[nH]c4c3)cc12. The number of thiophene rings is 1. The van der Waals surface area contributed by atoms with E-state index in [0.717, 1.165) is 26.8 Å². The number of nitrogens with zero attached hydrogens (tertiary/aromatic N) is 1. The van der Waals surface area contributed by atoms with Crippen molar-refractivity contribution in [3.8, 4) is 0 Å². The van der Waals surface area contributed by atoms with Gasteiger partial charge in [-0.25, -0.2) is 4.98 Å². The van der Waals surface area contributed by atoms with Crippen LogP contribution >= 0.6 is 11.3 Å². The fraction of sp³-hybridized carbons (Fsp3) is 0.0588. The monoisotopic (exact) mass is 307 g/mol. The zero-order chi connectivity index (χ0) is 15.1. The number of imidazole rings is 1. The Morgan fingerprint density at radius 2 is 2.14 bits per heavy atom. The van der Waals surface area contributed by atoms with Crippen LogP contribution in [-0.2, 0) is 0 Å². The van der Waals surface area contributed by atoms with E-state index in [2.05, 4.69) is 28.3 Å². The predicted molar refractivity (Wildman–Crippen MR) is 90.6 cm³/mol. The third-order valence-electron chi connectivity index (χ3n) is 3.68. The number of aryl methyl sites for hydroxylation is 1. The number of rotatable bonds is 2. The van der Waals surface area contributed by atoms with Crippen molar-refractivity contribution in [2.75, 3.05) is 5.32 Å². The van der Waals surface area contributed by atoms with Crippen LogP contribution in [0.4, 0.5) is 5.69 Å². The number of nitrogens with one attached hydrogen (secondary N) is 2. The molecule has 0 fully saturated rings. The van der Waals surface area contributed by atoms with E-state index in [1.165, 1.54) is 16.9 Å². The molecule has 4 rings (SSSR count). The quantitative estimate of drug-likeness (QED) is 0.579. The van der Waals surface area contributed by atoms with Crippen LogP contribution in [0, 0.1) is 6.92 Å². The molecule has 22 heavy (non-hydrogen) atoms. The lowest BCUT2D eigenvalue weighted by atomic mass is 10.1. The van der Waals surface area contributed by atoms with Gasteiger partial charge >= 0.3 is 0 Å². The molecule has 0 saturated carbocycles. The molecule has 2 aromatic heterocycles. The number of carbonyl (C=O) groups excluding carboxylic acids is 1. The van der Waals surface area contributed by atoms with Crippen LogP contribution in [0.3, 0.4) is 0 Å². The van der Waals surface area contributed by atoms with Crippen molar-refractivity contribution >= 4 is 44.1 Å². The molecular formula is C17H13N3OS. The average molecular weight is 307 g/mol. The van der Waals surface area contributed by atoms with Crippen molar-refractivity contribution < 1.29 is 4.79 Å². The van der Waals surface area contributed by atoms with Gasteiger partial charge in [-0.15, -0.1) is 11.3 Å². The minimum absolute atomic E-state index is 0.0838. The maximum absolute atomic E-state index is 12.4. The summed E-state index contributed by atoms with van der Waals surface area (Å²) in [4.78, 5) is 20.4. The van der Waals surface area contributed by atoms with Gasteiger partial charge in [-0.3, -0.25) is 4.79 Å². The van der Waals surface area contributed by atoms with Gasteiger partial charge in [0, 0.05) is 10.4 Å². The van der Waals surface area contributed by atoms with E-state index in [-0.39, 0.29) is 5.91 Å². The molecule has 0 saturated heterocycles. The van der Waals surface area contributed by atoms with E-state index in [1.807, 2.05) is 36.4 Å². The smallest absolute Gasteiger partial charge is 0.265 e. The van der Waals surface area contributed by atoms with E-state index < -0.39 is 0 Å². The second kappa shape index (κ2) is 4.96. The van der Waals surface area contributed by atoms with Crippen LogP contribution in [0.25, 0.3) is 21.1 Å². The highest BCUT2D eigenvalue weighted by Gasteiger charge is 2.12. The largest absolute Gasteiger partial charge is 0.345 e. The lowest BCUT2D eigenvalue weighted by molar-refractivity contribution is 0.103. The van der Waals surface area contributed by atoms with Crippen molar-refractivity contribution in [1.82, 2.24) is 9.97 Å². The molecule has 0 bridgehead atoms. The summed E-state index contributed by atoms with van der Waals surface area (Å²) in [6.45, 7) is 2.06. The number of hydrogen-bond acceptors (Lipinski definition) is 3. The number of benzene rings is 2. The van der Waals surface area contributed by atoms with Crippen LogP contribution in [0.15, 0.2) is 48.8 Å². The summed E-state index contributed by atoms with van der Waals surface area (Å²) >= 11 is 1.51. The standard InChI is InChI=1S/C17H13N3OS/c1-10-3-2-4-15-12(10)8-16(22-15)17(21)20-11-5-6-13-14(7-11)19-9-18-13/h2-9H,1H3,(H,18,19)(H,20,21). The molecule has 4 nitrogen and oxygen atoms in total. The summed E-state index contributed by atoms with van der Waals surface area (Å²) in [5, 5.41) is 4.08. The molecule has 0 spiro atoms. The van der Waals surface area contributed by atoms with Crippen LogP contribution in [0.5, 0.6) is 0 Å². The van der Waals surface area contributed by atoms with E-state index >= 15 is 0 Å². The van der Waals surface area contributed by atoms with Gasteiger partial charge in [-0.2, -0.15) is 0 Å². The molecule has 0 aliphatic rings. The Morgan fingerprint density at radius 1 is 1.23 bits per heavy atom. The molecule has 2 N–H and O–H groups in total. The first kappa shape index (κ1) is 13.0. The molecule has 0 aliphatic carbocycles. The van der Waals surface area contributed by atoms with Crippen molar-refractivity contribution in [3.05, 3.63) is 59.2 Å². The van der Waals surface area contributed by atoms with Crippen molar-refractivity contribution in [3.63, 3.8) is 0 Å². The fourth-order valence-corrected chi connectivity index (χ4v) is 3.56. The highest BCUT2D eigenvalue weighted by Crippen LogP contribution is 2.28. The number of fused-ring (bicyclic) bond motifs is 2. The number of carbonyl (C=O) groups is 1. The van der Waals surface area contributed by atoms with Crippen LogP contribution in [0.1, 0.15) is 15.2 Å². The average Bonchev–Trinajstić information content (AvgIpc) is 3.13. The second-order valence-corrected chi connectivity index (χ2v) is 6.27. The maximum atomic E-state index is 12.4. The molecule has 2 heterocycles. The summed E-state index contributed by atoms with van der Waals surface area (Å²) in [7, 11) is 0. The normalized spacial score (nSPS) is 11.1.